The number of rotatable bonds is 8. The first kappa shape index (κ1) is 22.2. The minimum atomic E-state index is -0.937. The van der Waals surface area contributed by atoms with Gasteiger partial charge in [0.25, 0.3) is 0 Å². The summed E-state index contributed by atoms with van der Waals surface area (Å²) in [5.41, 5.74) is 3.12. The summed E-state index contributed by atoms with van der Waals surface area (Å²) in [7, 11) is 3.85. The van der Waals surface area contributed by atoms with Gasteiger partial charge in [0.05, 0.1) is 11.4 Å². The smallest absolute Gasteiger partial charge is 0.197 e. The Bertz CT molecular complexity index is 886. The average molecular weight is 429 g/mol. The fourth-order valence-corrected chi connectivity index (χ4v) is 4.79. The number of hydrogen-bond acceptors (Lipinski definition) is 5. The molecule has 2 aromatic rings. The van der Waals surface area contributed by atoms with Gasteiger partial charge in [-0.2, -0.15) is 4.39 Å². The molecule has 1 atom stereocenters. The van der Waals surface area contributed by atoms with Gasteiger partial charge in [0, 0.05) is 37.0 Å². The number of thioether (sulfide) groups is 1. The summed E-state index contributed by atoms with van der Waals surface area (Å²) in [5, 5.41) is 0. The third kappa shape index (κ3) is 5.36. The highest BCUT2D eigenvalue weighted by Crippen LogP contribution is 2.45. The van der Waals surface area contributed by atoms with Crippen molar-refractivity contribution >= 4 is 35.1 Å². The van der Waals surface area contributed by atoms with Gasteiger partial charge in [-0.15, -0.1) is 11.8 Å². The van der Waals surface area contributed by atoms with Crippen molar-refractivity contribution in [3.63, 3.8) is 0 Å². The Labute approximate surface area is 182 Å². The van der Waals surface area contributed by atoms with Crippen LogP contribution in [0.2, 0.25) is 0 Å². The van der Waals surface area contributed by atoms with E-state index in [-0.39, 0.29) is 6.29 Å². The second-order valence-electron chi connectivity index (χ2n) is 7.69. The SMILES string of the molecule is CCCCC1CSc2cc(O/C=C(\F)C=O)c(N(C)C)cc2N(c2ccccc2)C1. The first-order chi connectivity index (χ1) is 14.5. The number of benzene rings is 2. The maximum Gasteiger partial charge on any atom is 0.197 e. The number of hydrogen-bond donors (Lipinski definition) is 0. The first-order valence-electron chi connectivity index (χ1n) is 10.3. The number of halogens is 1. The molecule has 0 spiro atoms. The summed E-state index contributed by atoms with van der Waals surface area (Å²) in [6.45, 7) is 3.18. The first-order valence-corrected chi connectivity index (χ1v) is 11.3. The number of aldehydes is 1. The molecule has 30 heavy (non-hydrogen) atoms. The molecule has 2 aromatic carbocycles. The molecule has 1 unspecified atom stereocenters. The number of allylic oxidation sites excluding steroid dienone is 1. The van der Waals surface area contributed by atoms with Gasteiger partial charge in [0.2, 0.25) is 0 Å². The van der Waals surface area contributed by atoms with Crippen molar-refractivity contribution in [1.82, 2.24) is 0 Å². The number of ether oxygens (including phenoxy) is 1. The molecular formula is C24H29FN2O2S. The van der Waals surface area contributed by atoms with Gasteiger partial charge < -0.3 is 14.5 Å². The van der Waals surface area contributed by atoms with Gasteiger partial charge in [0.1, 0.15) is 6.26 Å². The van der Waals surface area contributed by atoms with Gasteiger partial charge in [0.15, 0.2) is 17.9 Å². The topological polar surface area (TPSA) is 32.8 Å². The summed E-state index contributed by atoms with van der Waals surface area (Å²) in [6, 6.07) is 14.5. The quantitative estimate of drug-likeness (QED) is 0.284. The van der Waals surface area contributed by atoms with Gasteiger partial charge >= 0.3 is 0 Å². The molecule has 0 fully saturated rings. The third-order valence-corrected chi connectivity index (χ3v) is 6.45. The van der Waals surface area contributed by atoms with Crippen LogP contribution in [0, 0.1) is 5.92 Å². The Kier molecular flexibility index (Phi) is 7.80. The lowest BCUT2D eigenvalue weighted by atomic mass is 10.0. The van der Waals surface area contributed by atoms with Gasteiger partial charge in [-0.1, -0.05) is 38.0 Å². The molecule has 0 aromatic heterocycles. The van der Waals surface area contributed by atoms with Crippen LogP contribution in [-0.2, 0) is 4.79 Å². The molecule has 0 radical (unpaired) electrons. The summed E-state index contributed by atoms with van der Waals surface area (Å²) in [5.74, 6) is 1.19. The van der Waals surface area contributed by atoms with Crippen LogP contribution < -0.4 is 14.5 Å². The second-order valence-corrected chi connectivity index (χ2v) is 8.75. The van der Waals surface area contributed by atoms with Crippen LogP contribution in [0.3, 0.4) is 0 Å². The number of fused-ring (bicyclic) bond motifs is 1. The number of unbranched alkanes of at least 4 members (excludes halogenated alkanes) is 1. The van der Waals surface area contributed by atoms with E-state index in [4.69, 9.17) is 4.74 Å². The molecule has 1 aliphatic heterocycles. The molecule has 0 bridgehead atoms. The van der Waals surface area contributed by atoms with Crippen molar-refractivity contribution in [1.29, 1.82) is 0 Å². The van der Waals surface area contributed by atoms with E-state index in [1.807, 2.05) is 42.9 Å². The molecule has 0 saturated carbocycles. The van der Waals surface area contributed by atoms with Gasteiger partial charge in [-0.25, -0.2) is 0 Å². The van der Waals surface area contributed by atoms with E-state index >= 15 is 0 Å². The minimum absolute atomic E-state index is 0.142. The average Bonchev–Trinajstić information content (AvgIpc) is 2.95. The maximum atomic E-state index is 13.3. The second kappa shape index (κ2) is 10.5. The maximum absolute atomic E-state index is 13.3. The molecule has 0 saturated heterocycles. The van der Waals surface area contributed by atoms with Crippen LogP contribution in [0.25, 0.3) is 0 Å². The number of para-hydroxylation sites is 1. The monoisotopic (exact) mass is 428 g/mol. The zero-order valence-electron chi connectivity index (χ0n) is 17.8. The molecule has 0 N–H and O–H groups in total. The van der Waals surface area contributed by atoms with Crippen LogP contribution in [-0.4, -0.2) is 32.7 Å². The van der Waals surface area contributed by atoms with E-state index in [0.717, 1.165) is 40.5 Å². The lowest BCUT2D eigenvalue weighted by molar-refractivity contribution is -0.106. The van der Waals surface area contributed by atoms with Crippen LogP contribution in [0.1, 0.15) is 26.2 Å². The number of carbonyl (C=O) groups excluding carboxylic acids is 1. The van der Waals surface area contributed by atoms with Crippen LogP contribution in [0.4, 0.5) is 21.5 Å². The molecule has 4 nitrogen and oxygen atoms in total. The van der Waals surface area contributed by atoms with Crippen molar-refractivity contribution in [2.45, 2.75) is 31.1 Å². The molecular weight excluding hydrogens is 399 g/mol. The number of nitrogens with zero attached hydrogens (tertiary/aromatic N) is 2. The molecule has 1 aliphatic rings. The Balaban J connectivity index is 2.06. The van der Waals surface area contributed by atoms with Crippen molar-refractivity contribution in [3.05, 3.63) is 54.6 Å². The van der Waals surface area contributed by atoms with E-state index in [2.05, 4.69) is 42.2 Å². The normalized spacial score (nSPS) is 16.6. The van der Waals surface area contributed by atoms with E-state index in [9.17, 15) is 9.18 Å². The fourth-order valence-electron chi connectivity index (χ4n) is 3.59. The van der Waals surface area contributed by atoms with Crippen LogP contribution in [0.5, 0.6) is 5.75 Å². The van der Waals surface area contributed by atoms with Crippen LogP contribution in [0.15, 0.2) is 59.4 Å². The Hall–Kier alpha value is -2.47. The molecule has 0 aliphatic carbocycles. The fraction of sp³-hybridized carbons (Fsp3) is 0.375. The molecule has 1 heterocycles. The predicted octanol–water partition coefficient (Wildman–Crippen LogP) is 6.19. The van der Waals surface area contributed by atoms with Crippen molar-refractivity contribution in [3.8, 4) is 5.75 Å². The zero-order chi connectivity index (χ0) is 21.5. The van der Waals surface area contributed by atoms with Crippen molar-refractivity contribution < 1.29 is 13.9 Å². The number of anilines is 3. The number of carbonyl (C=O) groups is 1. The summed E-state index contributed by atoms with van der Waals surface area (Å²) in [4.78, 5) is 16.0. The highest BCUT2D eigenvalue weighted by molar-refractivity contribution is 7.99. The minimum Gasteiger partial charge on any atom is -0.460 e. The summed E-state index contributed by atoms with van der Waals surface area (Å²) in [6.07, 6.45) is 4.61. The van der Waals surface area contributed by atoms with E-state index < -0.39 is 5.83 Å². The highest BCUT2D eigenvalue weighted by atomic mass is 32.2. The van der Waals surface area contributed by atoms with Gasteiger partial charge in [-0.05, 0) is 36.6 Å². The zero-order valence-corrected chi connectivity index (χ0v) is 18.6. The predicted molar refractivity (Wildman–Crippen MR) is 124 cm³/mol. The molecule has 6 heteroatoms. The standard InChI is InChI=1S/C24H29FN2O2S/c1-4-5-9-18-14-27(20-10-7-6-8-11-20)22-12-21(26(2)3)23(13-24(22)30-17-18)29-16-19(25)15-28/h6-8,10-13,15-16,18H,4-5,9,14,17H2,1-3H3/b19-16-. The summed E-state index contributed by atoms with van der Waals surface area (Å²) < 4.78 is 18.9. The largest absolute Gasteiger partial charge is 0.460 e. The lowest BCUT2D eigenvalue weighted by Gasteiger charge is -2.29. The lowest BCUT2D eigenvalue weighted by Crippen LogP contribution is -2.25. The van der Waals surface area contributed by atoms with Crippen LogP contribution >= 0.6 is 11.8 Å². The molecule has 0 amide bonds. The Morgan fingerprint density at radius 1 is 1.30 bits per heavy atom. The Morgan fingerprint density at radius 2 is 2.07 bits per heavy atom. The van der Waals surface area contributed by atoms with E-state index in [1.54, 1.807) is 0 Å². The van der Waals surface area contributed by atoms with Crippen molar-refractivity contribution in [2.75, 3.05) is 36.2 Å². The Morgan fingerprint density at radius 3 is 2.73 bits per heavy atom. The van der Waals surface area contributed by atoms with Crippen molar-refractivity contribution in [2.24, 2.45) is 5.92 Å². The van der Waals surface area contributed by atoms with Gasteiger partial charge in [-0.3, -0.25) is 4.79 Å². The molecule has 3 rings (SSSR count). The third-order valence-electron chi connectivity index (χ3n) is 5.17. The summed E-state index contributed by atoms with van der Waals surface area (Å²) >= 11 is 1.82. The van der Waals surface area contributed by atoms with E-state index in [1.165, 1.54) is 19.3 Å². The highest BCUT2D eigenvalue weighted by Gasteiger charge is 2.25. The molecule has 160 valence electrons. The van der Waals surface area contributed by atoms with E-state index in [0.29, 0.717) is 11.7 Å².